The second-order valence-electron chi connectivity index (χ2n) is 6.47. The fraction of sp³-hybridized carbons (Fsp3) is 0.778. The minimum Gasteiger partial charge on any atom is -0.379 e. The Hall–Kier alpha value is -0.870. The van der Waals surface area contributed by atoms with Crippen LogP contribution in [-0.2, 0) is 11.3 Å². The SMILES string of the molecule is CCC(CC)C(CNC(=NC)NCCn1ccnc1)N1CCOCC1.I. The third-order valence-corrected chi connectivity index (χ3v) is 5.03. The first kappa shape index (κ1) is 23.2. The molecule has 2 heterocycles. The van der Waals surface area contributed by atoms with E-state index in [2.05, 4.69) is 43.9 Å². The number of guanidine groups is 1. The normalized spacial score (nSPS) is 17.0. The standard InChI is InChI=1S/C18H34N6O.HI/c1-4-16(5-2)17(24-10-12-25-13-11-24)14-22-18(19-3)21-7-9-23-8-6-20-15-23;/h6,8,15-17H,4-5,7,9-14H2,1-3H3,(H2,19,21,22);1H. The molecule has 0 spiro atoms. The highest BCUT2D eigenvalue weighted by atomic mass is 127. The van der Waals surface area contributed by atoms with Crippen molar-refractivity contribution in [2.24, 2.45) is 10.9 Å². The zero-order valence-corrected chi connectivity index (χ0v) is 18.7. The van der Waals surface area contributed by atoms with Gasteiger partial charge in [0.05, 0.1) is 19.5 Å². The van der Waals surface area contributed by atoms with E-state index in [1.165, 1.54) is 12.8 Å². The molecule has 0 bridgehead atoms. The number of nitrogens with one attached hydrogen (secondary N) is 2. The van der Waals surface area contributed by atoms with Crippen molar-refractivity contribution in [2.45, 2.75) is 39.3 Å². The molecule has 2 N–H and O–H groups in total. The number of ether oxygens (including phenoxy) is 1. The van der Waals surface area contributed by atoms with Gasteiger partial charge in [0.15, 0.2) is 5.96 Å². The molecule has 8 heteroatoms. The van der Waals surface area contributed by atoms with Crippen molar-refractivity contribution in [3.63, 3.8) is 0 Å². The van der Waals surface area contributed by atoms with Gasteiger partial charge in [0, 0.05) is 58.2 Å². The average Bonchev–Trinajstić information content (AvgIpc) is 3.17. The number of morpholine rings is 1. The zero-order chi connectivity index (χ0) is 17.9. The van der Waals surface area contributed by atoms with Crippen LogP contribution in [0.3, 0.4) is 0 Å². The van der Waals surface area contributed by atoms with Crippen LogP contribution >= 0.6 is 24.0 Å². The number of nitrogens with zero attached hydrogens (tertiary/aromatic N) is 4. The quantitative estimate of drug-likeness (QED) is 0.322. The molecule has 7 nitrogen and oxygen atoms in total. The second kappa shape index (κ2) is 13.3. The summed E-state index contributed by atoms with van der Waals surface area (Å²) in [5.41, 5.74) is 0. The maximum absolute atomic E-state index is 5.53. The smallest absolute Gasteiger partial charge is 0.191 e. The van der Waals surface area contributed by atoms with E-state index in [1.54, 1.807) is 6.20 Å². The monoisotopic (exact) mass is 478 g/mol. The molecule has 1 fully saturated rings. The van der Waals surface area contributed by atoms with E-state index in [1.807, 2.05) is 19.6 Å². The highest BCUT2D eigenvalue weighted by Gasteiger charge is 2.26. The predicted octanol–water partition coefficient (Wildman–Crippen LogP) is 1.80. The molecular weight excluding hydrogens is 443 g/mol. The highest BCUT2D eigenvalue weighted by Crippen LogP contribution is 2.19. The number of imidazole rings is 1. The Balaban J connectivity index is 0.00000338. The van der Waals surface area contributed by atoms with Crippen molar-refractivity contribution in [3.8, 4) is 0 Å². The van der Waals surface area contributed by atoms with Crippen molar-refractivity contribution in [1.29, 1.82) is 0 Å². The van der Waals surface area contributed by atoms with E-state index in [0.717, 1.165) is 51.9 Å². The lowest BCUT2D eigenvalue weighted by Crippen LogP contribution is -2.53. The molecule has 1 aromatic rings. The predicted molar refractivity (Wildman–Crippen MR) is 117 cm³/mol. The number of hydrogen-bond donors (Lipinski definition) is 2. The molecule has 1 atom stereocenters. The lowest BCUT2D eigenvalue weighted by atomic mass is 9.92. The van der Waals surface area contributed by atoms with Gasteiger partial charge in [-0.05, 0) is 5.92 Å². The van der Waals surface area contributed by atoms with Crippen LogP contribution in [0.4, 0.5) is 0 Å². The zero-order valence-electron chi connectivity index (χ0n) is 16.4. The Morgan fingerprint density at radius 1 is 1.23 bits per heavy atom. The lowest BCUT2D eigenvalue weighted by molar-refractivity contribution is 0.00272. The molecule has 1 saturated heterocycles. The van der Waals surface area contributed by atoms with E-state index in [4.69, 9.17) is 4.74 Å². The van der Waals surface area contributed by atoms with Gasteiger partial charge in [0.1, 0.15) is 0 Å². The van der Waals surface area contributed by atoms with Gasteiger partial charge < -0.3 is 19.9 Å². The molecule has 0 saturated carbocycles. The maximum atomic E-state index is 5.53. The Bertz CT molecular complexity index is 486. The maximum Gasteiger partial charge on any atom is 0.191 e. The molecule has 150 valence electrons. The van der Waals surface area contributed by atoms with Crippen molar-refractivity contribution in [2.75, 3.05) is 46.4 Å². The summed E-state index contributed by atoms with van der Waals surface area (Å²) < 4.78 is 7.58. The van der Waals surface area contributed by atoms with Crippen LogP contribution in [0.15, 0.2) is 23.7 Å². The van der Waals surface area contributed by atoms with Gasteiger partial charge in [-0.2, -0.15) is 0 Å². The van der Waals surface area contributed by atoms with E-state index in [-0.39, 0.29) is 24.0 Å². The number of halogens is 1. The van der Waals surface area contributed by atoms with Gasteiger partial charge in [-0.3, -0.25) is 9.89 Å². The summed E-state index contributed by atoms with van der Waals surface area (Å²) in [7, 11) is 1.83. The van der Waals surface area contributed by atoms with Gasteiger partial charge >= 0.3 is 0 Å². The van der Waals surface area contributed by atoms with E-state index in [9.17, 15) is 0 Å². The molecule has 0 aliphatic carbocycles. The molecule has 1 unspecified atom stereocenters. The summed E-state index contributed by atoms with van der Waals surface area (Å²) in [4.78, 5) is 11.0. The summed E-state index contributed by atoms with van der Waals surface area (Å²) in [5, 5.41) is 6.92. The fourth-order valence-corrected chi connectivity index (χ4v) is 3.48. The van der Waals surface area contributed by atoms with Crippen LogP contribution in [0.5, 0.6) is 0 Å². The summed E-state index contributed by atoms with van der Waals surface area (Å²) in [6.45, 7) is 10.9. The molecule has 0 amide bonds. The fourth-order valence-electron chi connectivity index (χ4n) is 3.48. The molecular formula is C18H35IN6O. The van der Waals surface area contributed by atoms with Crippen molar-refractivity contribution in [3.05, 3.63) is 18.7 Å². The van der Waals surface area contributed by atoms with Crippen molar-refractivity contribution in [1.82, 2.24) is 25.1 Å². The van der Waals surface area contributed by atoms with Gasteiger partial charge in [0.25, 0.3) is 0 Å². The third kappa shape index (κ3) is 7.40. The van der Waals surface area contributed by atoms with Crippen molar-refractivity contribution >= 4 is 29.9 Å². The first-order valence-corrected chi connectivity index (χ1v) is 9.50. The minimum absolute atomic E-state index is 0. The average molecular weight is 478 g/mol. The van der Waals surface area contributed by atoms with Crippen LogP contribution in [0.25, 0.3) is 0 Å². The molecule has 1 aliphatic heterocycles. The number of aliphatic imine (C=N–C) groups is 1. The number of aromatic nitrogens is 2. The molecule has 26 heavy (non-hydrogen) atoms. The van der Waals surface area contributed by atoms with Gasteiger partial charge in [0.2, 0.25) is 0 Å². The molecule has 1 aromatic heterocycles. The van der Waals surface area contributed by atoms with Crippen LogP contribution in [0, 0.1) is 5.92 Å². The largest absolute Gasteiger partial charge is 0.379 e. The van der Waals surface area contributed by atoms with Gasteiger partial charge in [-0.1, -0.05) is 26.7 Å². The molecule has 2 rings (SSSR count). The van der Waals surface area contributed by atoms with Crippen LogP contribution in [0.2, 0.25) is 0 Å². The molecule has 1 aliphatic rings. The van der Waals surface area contributed by atoms with E-state index in [0.29, 0.717) is 12.0 Å². The Morgan fingerprint density at radius 2 is 1.96 bits per heavy atom. The summed E-state index contributed by atoms with van der Waals surface area (Å²) in [5.74, 6) is 1.55. The number of hydrogen-bond acceptors (Lipinski definition) is 4. The first-order valence-electron chi connectivity index (χ1n) is 9.50. The second-order valence-corrected chi connectivity index (χ2v) is 6.47. The summed E-state index contributed by atoms with van der Waals surface area (Å²) in [6.07, 6.45) is 8.01. The lowest BCUT2D eigenvalue weighted by Gasteiger charge is -2.39. The Kier molecular flexibility index (Phi) is 11.9. The van der Waals surface area contributed by atoms with E-state index >= 15 is 0 Å². The summed E-state index contributed by atoms with van der Waals surface area (Å²) in [6, 6.07) is 0.520. The van der Waals surface area contributed by atoms with E-state index < -0.39 is 0 Å². The van der Waals surface area contributed by atoms with Gasteiger partial charge in [-0.25, -0.2) is 4.98 Å². The molecule has 0 aromatic carbocycles. The van der Waals surface area contributed by atoms with Crippen LogP contribution in [0.1, 0.15) is 26.7 Å². The van der Waals surface area contributed by atoms with Gasteiger partial charge in [-0.15, -0.1) is 24.0 Å². The van der Waals surface area contributed by atoms with Crippen LogP contribution < -0.4 is 10.6 Å². The molecule has 0 radical (unpaired) electrons. The highest BCUT2D eigenvalue weighted by molar-refractivity contribution is 14.0. The first-order chi connectivity index (χ1) is 12.3. The Labute approximate surface area is 175 Å². The van der Waals surface area contributed by atoms with Crippen molar-refractivity contribution < 1.29 is 4.74 Å². The third-order valence-electron chi connectivity index (χ3n) is 5.03. The van der Waals surface area contributed by atoms with Crippen LogP contribution in [-0.4, -0.2) is 72.9 Å². The Morgan fingerprint density at radius 3 is 2.54 bits per heavy atom. The number of rotatable bonds is 9. The minimum atomic E-state index is 0. The summed E-state index contributed by atoms with van der Waals surface area (Å²) >= 11 is 0. The topological polar surface area (TPSA) is 66.7 Å².